The lowest BCUT2D eigenvalue weighted by molar-refractivity contribution is 0.0959. The third kappa shape index (κ3) is 1.59. The van der Waals surface area contributed by atoms with Gasteiger partial charge >= 0.3 is 0 Å². The second kappa shape index (κ2) is 3.31. The SMILES string of the molecule is CNC(=O)c1csc(C(N)=O)n1. The van der Waals surface area contributed by atoms with Crippen molar-refractivity contribution in [3.05, 3.63) is 16.1 Å². The maximum absolute atomic E-state index is 10.9. The molecule has 1 rings (SSSR count). The van der Waals surface area contributed by atoms with Crippen molar-refractivity contribution in [2.45, 2.75) is 0 Å². The van der Waals surface area contributed by atoms with Gasteiger partial charge in [-0.15, -0.1) is 11.3 Å². The highest BCUT2D eigenvalue weighted by molar-refractivity contribution is 7.11. The monoisotopic (exact) mass is 185 g/mol. The molecule has 0 saturated heterocycles. The van der Waals surface area contributed by atoms with Crippen LogP contribution < -0.4 is 11.1 Å². The second-order valence-corrected chi connectivity index (χ2v) is 2.84. The van der Waals surface area contributed by atoms with E-state index in [1.807, 2.05) is 0 Å². The summed E-state index contributed by atoms with van der Waals surface area (Å²) in [6.45, 7) is 0. The first-order chi connectivity index (χ1) is 5.65. The summed E-state index contributed by atoms with van der Waals surface area (Å²) in [6, 6.07) is 0. The molecule has 3 N–H and O–H groups in total. The van der Waals surface area contributed by atoms with Crippen molar-refractivity contribution >= 4 is 23.2 Å². The molecule has 64 valence electrons. The Labute approximate surface area is 72.6 Å². The summed E-state index contributed by atoms with van der Waals surface area (Å²) in [4.78, 5) is 25.2. The average molecular weight is 185 g/mol. The molecule has 0 bridgehead atoms. The summed E-state index contributed by atoms with van der Waals surface area (Å²) in [7, 11) is 1.49. The Morgan fingerprint density at radius 3 is 2.75 bits per heavy atom. The first kappa shape index (κ1) is 8.66. The van der Waals surface area contributed by atoms with Crippen LogP contribution in [0.5, 0.6) is 0 Å². The third-order valence-electron chi connectivity index (χ3n) is 1.17. The van der Waals surface area contributed by atoms with Crippen LogP contribution >= 0.6 is 11.3 Å². The molecule has 0 aliphatic rings. The molecule has 0 aliphatic heterocycles. The van der Waals surface area contributed by atoms with E-state index in [-0.39, 0.29) is 16.6 Å². The fourth-order valence-electron chi connectivity index (χ4n) is 0.619. The van der Waals surface area contributed by atoms with E-state index < -0.39 is 5.91 Å². The van der Waals surface area contributed by atoms with Gasteiger partial charge in [0.05, 0.1) is 0 Å². The van der Waals surface area contributed by atoms with Gasteiger partial charge in [-0.2, -0.15) is 0 Å². The van der Waals surface area contributed by atoms with Gasteiger partial charge in [0.25, 0.3) is 11.8 Å². The Hall–Kier alpha value is -1.43. The molecular weight excluding hydrogens is 178 g/mol. The number of nitrogens with zero attached hydrogens (tertiary/aromatic N) is 1. The summed E-state index contributed by atoms with van der Waals surface area (Å²) in [5, 5.41) is 4.02. The Kier molecular flexibility index (Phi) is 2.39. The summed E-state index contributed by atoms with van der Waals surface area (Å²) < 4.78 is 0. The third-order valence-corrected chi connectivity index (χ3v) is 2.03. The van der Waals surface area contributed by atoms with Gasteiger partial charge in [0, 0.05) is 12.4 Å². The van der Waals surface area contributed by atoms with Gasteiger partial charge in [-0.1, -0.05) is 0 Å². The summed E-state index contributed by atoms with van der Waals surface area (Å²) in [5.74, 6) is -0.936. The largest absolute Gasteiger partial charge is 0.364 e. The van der Waals surface area contributed by atoms with Crippen molar-refractivity contribution in [1.82, 2.24) is 10.3 Å². The van der Waals surface area contributed by atoms with Crippen LogP contribution in [0.25, 0.3) is 0 Å². The lowest BCUT2D eigenvalue weighted by Gasteiger charge is -1.90. The average Bonchev–Trinajstić information content (AvgIpc) is 2.51. The maximum Gasteiger partial charge on any atom is 0.277 e. The zero-order chi connectivity index (χ0) is 9.14. The smallest absolute Gasteiger partial charge is 0.277 e. The van der Waals surface area contributed by atoms with Crippen molar-refractivity contribution in [1.29, 1.82) is 0 Å². The first-order valence-corrected chi connectivity index (χ1v) is 4.00. The topological polar surface area (TPSA) is 85.1 Å². The summed E-state index contributed by atoms with van der Waals surface area (Å²) >= 11 is 1.05. The van der Waals surface area contributed by atoms with E-state index in [9.17, 15) is 9.59 Å². The minimum atomic E-state index is -0.616. The zero-order valence-corrected chi connectivity index (χ0v) is 7.14. The van der Waals surface area contributed by atoms with E-state index in [0.717, 1.165) is 11.3 Å². The van der Waals surface area contributed by atoms with E-state index in [1.165, 1.54) is 12.4 Å². The number of amides is 2. The standard InChI is InChI=1S/C6H7N3O2S/c1-8-5(11)3-2-12-6(9-3)4(7)10/h2H,1H3,(H2,7,10)(H,8,11). The van der Waals surface area contributed by atoms with Crippen LogP contribution in [0.2, 0.25) is 0 Å². The number of nitrogens with two attached hydrogens (primary N) is 1. The number of primary amides is 1. The van der Waals surface area contributed by atoms with Crippen molar-refractivity contribution in [2.24, 2.45) is 5.73 Å². The van der Waals surface area contributed by atoms with Gasteiger partial charge in [-0.25, -0.2) is 4.98 Å². The number of carbonyl (C=O) groups is 2. The van der Waals surface area contributed by atoms with Crippen LogP contribution in [0.15, 0.2) is 5.38 Å². The quantitative estimate of drug-likeness (QED) is 0.657. The molecule has 1 aromatic rings. The van der Waals surface area contributed by atoms with E-state index in [2.05, 4.69) is 10.3 Å². The van der Waals surface area contributed by atoms with Crippen molar-refractivity contribution in [3.63, 3.8) is 0 Å². The van der Waals surface area contributed by atoms with Gasteiger partial charge < -0.3 is 11.1 Å². The van der Waals surface area contributed by atoms with Gasteiger partial charge in [0.15, 0.2) is 5.01 Å². The highest BCUT2D eigenvalue weighted by Crippen LogP contribution is 2.08. The molecule has 1 heterocycles. The van der Waals surface area contributed by atoms with E-state index >= 15 is 0 Å². The fraction of sp³-hybridized carbons (Fsp3) is 0.167. The lowest BCUT2D eigenvalue weighted by Crippen LogP contribution is -2.19. The van der Waals surface area contributed by atoms with Crippen LogP contribution in [-0.4, -0.2) is 23.8 Å². The minimum Gasteiger partial charge on any atom is -0.364 e. The van der Waals surface area contributed by atoms with E-state index in [4.69, 9.17) is 5.73 Å². The Morgan fingerprint density at radius 2 is 2.33 bits per heavy atom. The molecule has 6 heteroatoms. The molecule has 0 fully saturated rings. The van der Waals surface area contributed by atoms with Crippen LogP contribution in [0.1, 0.15) is 20.3 Å². The lowest BCUT2D eigenvalue weighted by atomic mass is 10.4. The van der Waals surface area contributed by atoms with Crippen molar-refractivity contribution in [2.75, 3.05) is 7.05 Å². The van der Waals surface area contributed by atoms with Crippen LogP contribution in [0, 0.1) is 0 Å². The zero-order valence-electron chi connectivity index (χ0n) is 6.33. The van der Waals surface area contributed by atoms with E-state index in [0.29, 0.717) is 0 Å². The van der Waals surface area contributed by atoms with Gasteiger partial charge in [-0.05, 0) is 0 Å². The van der Waals surface area contributed by atoms with E-state index in [1.54, 1.807) is 0 Å². The molecule has 0 aromatic carbocycles. The normalized spacial score (nSPS) is 9.42. The molecule has 0 atom stereocenters. The minimum absolute atomic E-state index is 0.147. The highest BCUT2D eigenvalue weighted by Gasteiger charge is 2.11. The predicted molar refractivity (Wildman–Crippen MR) is 44.0 cm³/mol. The molecule has 0 aliphatic carbocycles. The Balaban J connectivity index is 2.91. The van der Waals surface area contributed by atoms with Gasteiger partial charge in [0.2, 0.25) is 0 Å². The van der Waals surface area contributed by atoms with Crippen molar-refractivity contribution < 1.29 is 9.59 Å². The number of nitrogens with one attached hydrogen (secondary N) is 1. The number of carbonyl (C=O) groups excluding carboxylic acids is 2. The molecule has 5 nitrogen and oxygen atoms in total. The summed E-state index contributed by atoms with van der Waals surface area (Å²) in [5.41, 5.74) is 5.16. The maximum atomic E-state index is 10.9. The number of aromatic nitrogens is 1. The molecule has 0 spiro atoms. The number of rotatable bonds is 2. The van der Waals surface area contributed by atoms with Crippen LogP contribution in [-0.2, 0) is 0 Å². The van der Waals surface area contributed by atoms with Gasteiger partial charge in [0.1, 0.15) is 5.69 Å². The fourth-order valence-corrected chi connectivity index (χ4v) is 1.27. The predicted octanol–water partition coefficient (Wildman–Crippen LogP) is -0.398. The molecule has 0 radical (unpaired) electrons. The first-order valence-electron chi connectivity index (χ1n) is 3.12. The van der Waals surface area contributed by atoms with Crippen molar-refractivity contribution in [3.8, 4) is 0 Å². The number of thiazole rings is 1. The van der Waals surface area contributed by atoms with Crippen LogP contribution in [0.3, 0.4) is 0 Å². The highest BCUT2D eigenvalue weighted by atomic mass is 32.1. The Bertz CT molecular complexity index is 320. The second-order valence-electron chi connectivity index (χ2n) is 1.98. The summed E-state index contributed by atoms with van der Waals surface area (Å²) in [6.07, 6.45) is 0. The molecule has 1 aromatic heterocycles. The Morgan fingerprint density at radius 1 is 1.67 bits per heavy atom. The number of hydrogen-bond acceptors (Lipinski definition) is 4. The molecule has 12 heavy (non-hydrogen) atoms. The molecule has 2 amide bonds. The molecule has 0 saturated carbocycles. The van der Waals surface area contributed by atoms with Gasteiger partial charge in [-0.3, -0.25) is 9.59 Å². The van der Waals surface area contributed by atoms with Crippen LogP contribution in [0.4, 0.5) is 0 Å². The molecule has 0 unspecified atom stereocenters. The molecular formula is C6H7N3O2S. The number of hydrogen-bond donors (Lipinski definition) is 2.